The average molecular weight is 332 g/mol. The summed E-state index contributed by atoms with van der Waals surface area (Å²) < 4.78 is 5.15. The molecule has 5 nitrogen and oxygen atoms in total. The van der Waals surface area contributed by atoms with E-state index >= 15 is 0 Å². The fourth-order valence-corrected chi connectivity index (χ4v) is 4.04. The molecule has 1 aromatic heterocycles. The second-order valence-electron chi connectivity index (χ2n) is 6.91. The molecule has 2 fully saturated rings. The molecular formula is C19H28N2O3. The minimum absolute atomic E-state index is 0.0181. The summed E-state index contributed by atoms with van der Waals surface area (Å²) in [6.45, 7) is 0.0181. The number of rotatable bonds is 6. The lowest BCUT2D eigenvalue weighted by Crippen LogP contribution is -2.50. The van der Waals surface area contributed by atoms with Crippen LogP contribution in [0.3, 0.4) is 0 Å². The van der Waals surface area contributed by atoms with Crippen molar-refractivity contribution in [3.05, 3.63) is 24.2 Å². The Hall–Kier alpha value is -1.78. The number of hydrogen-bond acceptors (Lipinski definition) is 4. The van der Waals surface area contributed by atoms with Gasteiger partial charge in [0, 0.05) is 12.1 Å². The minimum Gasteiger partial charge on any atom is -0.463 e. The number of nitrogens with zero attached hydrogens (tertiary/aromatic N) is 2. The van der Waals surface area contributed by atoms with Crippen molar-refractivity contribution >= 4 is 12.1 Å². The van der Waals surface area contributed by atoms with E-state index in [1.54, 1.807) is 18.4 Å². The van der Waals surface area contributed by atoms with Crippen LogP contribution >= 0.6 is 0 Å². The predicted molar refractivity (Wildman–Crippen MR) is 92.8 cm³/mol. The van der Waals surface area contributed by atoms with Crippen molar-refractivity contribution in [2.45, 2.75) is 76.3 Å². The zero-order valence-corrected chi connectivity index (χ0v) is 14.4. The molecule has 0 bridgehead atoms. The van der Waals surface area contributed by atoms with Crippen LogP contribution in [0.2, 0.25) is 0 Å². The van der Waals surface area contributed by atoms with Gasteiger partial charge in [-0.25, -0.2) is 0 Å². The fraction of sp³-hybridized carbons (Fsp3) is 0.684. The molecule has 0 aromatic carbocycles. The van der Waals surface area contributed by atoms with E-state index in [9.17, 15) is 4.79 Å². The van der Waals surface area contributed by atoms with Crippen molar-refractivity contribution in [1.29, 1.82) is 0 Å². The van der Waals surface area contributed by atoms with Crippen LogP contribution in [-0.2, 0) is 9.63 Å². The molecule has 0 spiro atoms. The van der Waals surface area contributed by atoms with E-state index in [2.05, 4.69) is 10.1 Å². The lowest BCUT2D eigenvalue weighted by molar-refractivity contribution is -0.143. The van der Waals surface area contributed by atoms with E-state index in [0.717, 1.165) is 25.7 Å². The normalized spacial score (nSPS) is 20.3. The molecule has 0 unspecified atom stereocenters. The highest BCUT2D eigenvalue weighted by Gasteiger charge is 2.32. The first-order valence-electron chi connectivity index (χ1n) is 9.34. The Morgan fingerprint density at radius 2 is 1.75 bits per heavy atom. The van der Waals surface area contributed by atoms with Crippen LogP contribution < -0.4 is 0 Å². The summed E-state index contributed by atoms with van der Waals surface area (Å²) in [5, 5.41) is 3.86. The molecule has 0 aliphatic heterocycles. The topological polar surface area (TPSA) is 55.0 Å². The van der Waals surface area contributed by atoms with Crippen LogP contribution in [0.4, 0.5) is 0 Å². The molecular weight excluding hydrogens is 304 g/mol. The molecule has 3 rings (SSSR count). The standard InChI is InChI=1S/C19H28N2O3/c22-19(15-24-20-14-18-12-7-13-23-18)21(16-8-3-1-4-9-16)17-10-5-2-6-11-17/h7,12-14,16-17H,1-6,8-11,15H2/b20-14+. The van der Waals surface area contributed by atoms with Crippen molar-refractivity contribution in [1.82, 2.24) is 4.90 Å². The smallest absolute Gasteiger partial charge is 0.263 e. The Morgan fingerprint density at radius 3 is 2.29 bits per heavy atom. The van der Waals surface area contributed by atoms with Gasteiger partial charge in [0.2, 0.25) is 0 Å². The molecule has 5 heteroatoms. The summed E-state index contributed by atoms with van der Waals surface area (Å²) in [5.41, 5.74) is 0. The van der Waals surface area contributed by atoms with E-state index < -0.39 is 0 Å². The monoisotopic (exact) mass is 332 g/mol. The van der Waals surface area contributed by atoms with Crippen molar-refractivity contribution < 1.29 is 14.0 Å². The van der Waals surface area contributed by atoms with E-state index in [1.165, 1.54) is 44.7 Å². The number of hydrogen-bond donors (Lipinski definition) is 0. The van der Waals surface area contributed by atoms with Crippen molar-refractivity contribution in [2.75, 3.05) is 6.61 Å². The molecule has 0 atom stereocenters. The Morgan fingerprint density at radius 1 is 1.12 bits per heavy atom. The number of furan rings is 1. The number of carbonyl (C=O) groups is 1. The number of amides is 1. The molecule has 0 saturated heterocycles. The summed E-state index contributed by atoms with van der Waals surface area (Å²) >= 11 is 0. The molecule has 2 aliphatic carbocycles. The van der Waals surface area contributed by atoms with Gasteiger partial charge in [-0.15, -0.1) is 0 Å². The van der Waals surface area contributed by atoms with E-state index in [0.29, 0.717) is 17.8 Å². The Bertz CT molecular complexity index is 497. The molecule has 132 valence electrons. The Balaban J connectivity index is 1.57. The number of carbonyl (C=O) groups excluding carboxylic acids is 1. The van der Waals surface area contributed by atoms with Crippen LogP contribution in [-0.4, -0.2) is 35.7 Å². The third kappa shape index (κ3) is 4.62. The van der Waals surface area contributed by atoms with Crippen LogP contribution in [0, 0.1) is 0 Å². The number of oxime groups is 1. The van der Waals surface area contributed by atoms with Gasteiger partial charge in [0.05, 0.1) is 6.26 Å². The largest absolute Gasteiger partial charge is 0.463 e. The first kappa shape index (κ1) is 17.1. The Labute approximate surface area is 144 Å². The summed E-state index contributed by atoms with van der Waals surface area (Å²) in [6, 6.07) is 4.38. The molecule has 24 heavy (non-hydrogen) atoms. The van der Waals surface area contributed by atoms with Gasteiger partial charge in [-0.2, -0.15) is 0 Å². The molecule has 2 aliphatic rings. The third-order valence-electron chi connectivity index (χ3n) is 5.21. The maximum atomic E-state index is 12.8. The maximum absolute atomic E-state index is 12.8. The fourth-order valence-electron chi connectivity index (χ4n) is 4.04. The third-order valence-corrected chi connectivity index (χ3v) is 5.21. The Kier molecular flexibility index (Phi) is 6.33. The summed E-state index contributed by atoms with van der Waals surface area (Å²) in [4.78, 5) is 20.2. The maximum Gasteiger partial charge on any atom is 0.263 e. The first-order chi connectivity index (χ1) is 11.8. The van der Waals surface area contributed by atoms with Gasteiger partial charge in [-0.1, -0.05) is 43.7 Å². The van der Waals surface area contributed by atoms with E-state index in [4.69, 9.17) is 9.25 Å². The summed E-state index contributed by atoms with van der Waals surface area (Å²) in [6.07, 6.45) is 15.2. The highest BCUT2D eigenvalue weighted by Crippen LogP contribution is 2.30. The van der Waals surface area contributed by atoms with Crippen LogP contribution in [0.1, 0.15) is 70.0 Å². The van der Waals surface area contributed by atoms with Gasteiger partial charge in [0.25, 0.3) is 5.91 Å². The lowest BCUT2D eigenvalue weighted by Gasteiger charge is -2.41. The molecule has 1 aromatic rings. The first-order valence-corrected chi connectivity index (χ1v) is 9.34. The van der Waals surface area contributed by atoms with Crippen molar-refractivity contribution in [3.63, 3.8) is 0 Å². The SMILES string of the molecule is O=C(CO/N=C/c1ccco1)N(C1CCCCC1)C1CCCCC1. The quantitative estimate of drug-likeness (QED) is 0.581. The zero-order valence-electron chi connectivity index (χ0n) is 14.4. The molecule has 2 saturated carbocycles. The predicted octanol–water partition coefficient (Wildman–Crippen LogP) is 4.12. The second-order valence-corrected chi connectivity index (χ2v) is 6.91. The second kappa shape index (κ2) is 8.90. The van der Waals surface area contributed by atoms with Crippen LogP contribution in [0.25, 0.3) is 0 Å². The molecule has 0 N–H and O–H groups in total. The van der Waals surface area contributed by atoms with Gasteiger partial charge >= 0.3 is 0 Å². The molecule has 0 radical (unpaired) electrons. The molecule has 1 heterocycles. The van der Waals surface area contributed by atoms with Gasteiger partial charge in [0.15, 0.2) is 6.61 Å². The van der Waals surface area contributed by atoms with E-state index in [-0.39, 0.29) is 12.5 Å². The summed E-state index contributed by atoms with van der Waals surface area (Å²) in [7, 11) is 0. The van der Waals surface area contributed by atoms with Gasteiger partial charge in [-0.05, 0) is 37.8 Å². The van der Waals surface area contributed by atoms with Crippen LogP contribution in [0.15, 0.2) is 28.0 Å². The molecule has 1 amide bonds. The van der Waals surface area contributed by atoms with Gasteiger partial charge in [0.1, 0.15) is 12.0 Å². The lowest BCUT2D eigenvalue weighted by atomic mass is 9.88. The highest BCUT2D eigenvalue weighted by molar-refractivity contribution is 5.78. The van der Waals surface area contributed by atoms with Gasteiger partial charge < -0.3 is 14.2 Å². The minimum atomic E-state index is 0.0181. The highest BCUT2D eigenvalue weighted by atomic mass is 16.6. The van der Waals surface area contributed by atoms with Crippen molar-refractivity contribution in [3.8, 4) is 0 Å². The van der Waals surface area contributed by atoms with E-state index in [1.807, 2.05) is 0 Å². The van der Waals surface area contributed by atoms with Crippen molar-refractivity contribution in [2.24, 2.45) is 5.16 Å². The zero-order chi connectivity index (χ0) is 16.6. The average Bonchev–Trinajstić information content (AvgIpc) is 3.14. The van der Waals surface area contributed by atoms with Gasteiger partial charge in [-0.3, -0.25) is 4.79 Å². The van der Waals surface area contributed by atoms with Crippen LogP contribution in [0.5, 0.6) is 0 Å². The summed E-state index contributed by atoms with van der Waals surface area (Å²) in [5.74, 6) is 0.712.